The first-order valence-corrected chi connectivity index (χ1v) is 6.19. The smallest absolute Gasteiger partial charge is 0.221 e. The number of pyridine rings is 1. The lowest BCUT2D eigenvalue weighted by molar-refractivity contribution is -0.121. The van der Waals surface area contributed by atoms with Gasteiger partial charge in [0.2, 0.25) is 5.91 Å². The molecule has 0 unspecified atom stereocenters. The van der Waals surface area contributed by atoms with E-state index in [9.17, 15) is 4.79 Å². The van der Waals surface area contributed by atoms with Gasteiger partial charge in [-0.1, -0.05) is 0 Å². The summed E-state index contributed by atoms with van der Waals surface area (Å²) < 4.78 is 1.91. The standard InChI is InChI=1S/C13H17N5O/c1-2-17-13(19)4-6-18-9-16-8-12(18)10-7-15-5-3-11(10)14/h3,5,7-9H,2,4,6H2,1H3,(H2,14,15)(H,17,19). The predicted molar refractivity (Wildman–Crippen MR) is 73.2 cm³/mol. The third-order valence-corrected chi connectivity index (χ3v) is 2.80. The average molecular weight is 259 g/mol. The molecule has 100 valence electrons. The van der Waals surface area contributed by atoms with E-state index < -0.39 is 0 Å². The van der Waals surface area contributed by atoms with Crippen LogP contribution in [0.3, 0.4) is 0 Å². The molecule has 2 aromatic rings. The molecule has 0 aliphatic carbocycles. The third-order valence-electron chi connectivity index (χ3n) is 2.80. The van der Waals surface area contributed by atoms with Crippen molar-refractivity contribution in [1.29, 1.82) is 0 Å². The van der Waals surface area contributed by atoms with E-state index in [4.69, 9.17) is 5.73 Å². The number of nitrogens with two attached hydrogens (primary N) is 1. The van der Waals surface area contributed by atoms with Crippen LogP contribution in [-0.2, 0) is 11.3 Å². The van der Waals surface area contributed by atoms with E-state index in [1.165, 1.54) is 0 Å². The minimum atomic E-state index is 0.0290. The number of hydrogen-bond acceptors (Lipinski definition) is 4. The fourth-order valence-corrected chi connectivity index (χ4v) is 1.85. The molecule has 0 radical (unpaired) electrons. The Morgan fingerprint density at radius 3 is 3.00 bits per heavy atom. The second-order valence-corrected chi connectivity index (χ2v) is 4.14. The number of nitrogens with one attached hydrogen (secondary N) is 1. The number of nitrogens with zero attached hydrogens (tertiary/aromatic N) is 3. The van der Waals surface area contributed by atoms with Crippen molar-refractivity contribution in [2.45, 2.75) is 19.9 Å². The first-order chi connectivity index (χ1) is 9.22. The normalized spacial score (nSPS) is 10.4. The van der Waals surface area contributed by atoms with E-state index >= 15 is 0 Å². The molecule has 0 aromatic carbocycles. The number of nitrogen functional groups attached to an aromatic ring is 1. The van der Waals surface area contributed by atoms with Crippen LogP contribution in [-0.4, -0.2) is 27.0 Å². The minimum absolute atomic E-state index is 0.0290. The highest BCUT2D eigenvalue weighted by atomic mass is 16.1. The van der Waals surface area contributed by atoms with Crippen LogP contribution in [0, 0.1) is 0 Å². The van der Waals surface area contributed by atoms with Crippen molar-refractivity contribution in [1.82, 2.24) is 19.9 Å². The maximum atomic E-state index is 11.5. The van der Waals surface area contributed by atoms with Crippen LogP contribution in [0.2, 0.25) is 0 Å². The summed E-state index contributed by atoms with van der Waals surface area (Å²) in [6.45, 7) is 3.11. The lowest BCUT2D eigenvalue weighted by Gasteiger charge is -2.09. The van der Waals surface area contributed by atoms with Gasteiger partial charge in [0.25, 0.3) is 0 Å². The van der Waals surface area contributed by atoms with Crippen LogP contribution in [0.15, 0.2) is 31.0 Å². The van der Waals surface area contributed by atoms with Gasteiger partial charge in [0.1, 0.15) is 0 Å². The van der Waals surface area contributed by atoms with Gasteiger partial charge in [0.05, 0.1) is 18.2 Å². The van der Waals surface area contributed by atoms with Gasteiger partial charge in [-0.25, -0.2) is 4.98 Å². The minimum Gasteiger partial charge on any atom is -0.398 e. The number of carbonyl (C=O) groups excluding carboxylic acids is 1. The summed E-state index contributed by atoms with van der Waals surface area (Å²) in [6.07, 6.45) is 7.19. The van der Waals surface area contributed by atoms with Crippen molar-refractivity contribution < 1.29 is 4.79 Å². The topological polar surface area (TPSA) is 85.8 Å². The molecule has 2 heterocycles. The lowest BCUT2D eigenvalue weighted by atomic mass is 10.2. The van der Waals surface area contributed by atoms with E-state index in [0.717, 1.165) is 11.3 Å². The zero-order valence-corrected chi connectivity index (χ0v) is 10.8. The molecule has 0 atom stereocenters. The zero-order chi connectivity index (χ0) is 13.7. The quantitative estimate of drug-likeness (QED) is 0.840. The van der Waals surface area contributed by atoms with Gasteiger partial charge in [0.15, 0.2) is 0 Å². The molecule has 0 saturated heterocycles. The summed E-state index contributed by atoms with van der Waals surface area (Å²) >= 11 is 0. The molecular formula is C13H17N5O. The average Bonchev–Trinajstić information content (AvgIpc) is 2.85. The van der Waals surface area contributed by atoms with Crippen LogP contribution in [0.25, 0.3) is 11.3 Å². The Labute approximate surface area is 111 Å². The fourth-order valence-electron chi connectivity index (χ4n) is 1.85. The third kappa shape index (κ3) is 3.09. The van der Waals surface area contributed by atoms with Crippen LogP contribution in [0.4, 0.5) is 5.69 Å². The highest BCUT2D eigenvalue weighted by Crippen LogP contribution is 2.24. The van der Waals surface area contributed by atoms with Crippen LogP contribution < -0.4 is 11.1 Å². The van der Waals surface area contributed by atoms with Crippen molar-refractivity contribution in [2.75, 3.05) is 12.3 Å². The summed E-state index contributed by atoms with van der Waals surface area (Å²) in [4.78, 5) is 19.6. The number of aryl methyl sites for hydroxylation is 1. The van der Waals surface area contributed by atoms with E-state index in [1.54, 1.807) is 31.0 Å². The molecular weight excluding hydrogens is 242 g/mol. The number of anilines is 1. The van der Waals surface area contributed by atoms with Gasteiger partial charge in [0, 0.05) is 43.2 Å². The van der Waals surface area contributed by atoms with Crippen LogP contribution in [0.1, 0.15) is 13.3 Å². The molecule has 6 heteroatoms. The molecule has 2 rings (SSSR count). The van der Waals surface area contributed by atoms with Crippen LogP contribution in [0.5, 0.6) is 0 Å². The highest BCUT2D eigenvalue weighted by Gasteiger charge is 2.09. The maximum absolute atomic E-state index is 11.5. The first kappa shape index (κ1) is 13.1. The molecule has 0 spiro atoms. The Morgan fingerprint density at radius 2 is 2.26 bits per heavy atom. The Morgan fingerprint density at radius 1 is 1.42 bits per heavy atom. The van der Waals surface area contributed by atoms with Crippen molar-refractivity contribution in [3.63, 3.8) is 0 Å². The van der Waals surface area contributed by atoms with Gasteiger partial charge in [-0.3, -0.25) is 9.78 Å². The predicted octanol–water partition coefficient (Wildman–Crippen LogP) is 1.05. The second kappa shape index (κ2) is 5.99. The molecule has 6 nitrogen and oxygen atoms in total. The molecule has 0 aliphatic rings. The summed E-state index contributed by atoms with van der Waals surface area (Å²) in [6, 6.07) is 1.75. The van der Waals surface area contributed by atoms with E-state index in [1.807, 2.05) is 11.5 Å². The van der Waals surface area contributed by atoms with Gasteiger partial charge in [-0.2, -0.15) is 0 Å². The Kier molecular flexibility index (Phi) is 4.12. The zero-order valence-electron chi connectivity index (χ0n) is 10.8. The van der Waals surface area contributed by atoms with E-state index in [-0.39, 0.29) is 5.91 Å². The molecule has 0 bridgehead atoms. The van der Waals surface area contributed by atoms with E-state index in [0.29, 0.717) is 25.2 Å². The lowest BCUT2D eigenvalue weighted by Crippen LogP contribution is -2.23. The van der Waals surface area contributed by atoms with Gasteiger partial charge in [-0.15, -0.1) is 0 Å². The van der Waals surface area contributed by atoms with Gasteiger partial charge >= 0.3 is 0 Å². The van der Waals surface area contributed by atoms with Crippen molar-refractivity contribution >= 4 is 11.6 Å². The molecule has 19 heavy (non-hydrogen) atoms. The summed E-state index contributed by atoms with van der Waals surface area (Å²) in [5.41, 5.74) is 8.27. The second-order valence-electron chi connectivity index (χ2n) is 4.14. The molecule has 0 fully saturated rings. The maximum Gasteiger partial charge on any atom is 0.221 e. The number of carbonyl (C=O) groups is 1. The van der Waals surface area contributed by atoms with E-state index in [2.05, 4.69) is 15.3 Å². The molecule has 0 saturated carbocycles. The number of imidazole rings is 1. The summed E-state index contributed by atoms with van der Waals surface area (Å²) in [5.74, 6) is 0.0290. The molecule has 1 amide bonds. The van der Waals surface area contributed by atoms with Gasteiger partial charge in [-0.05, 0) is 13.0 Å². The molecule has 3 N–H and O–H groups in total. The van der Waals surface area contributed by atoms with Crippen LogP contribution >= 0.6 is 0 Å². The summed E-state index contributed by atoms with van der Waals surface area (Å²) in [7, 11) is 0. The van der Waals surface area contributed by atoms with Gasteiger partial charge < -0.3 is 15.6 Å². The Balaban J connectivity index is 2.14. The SMILES string of the molecule is CCNC(=O)CCn1cncc1-c1cnccc1N. The number of hydrogen-bond donors (Lipinski definition) is 2. The molecule has 0 aliphatic heterocycles. The van der Waals surface area contributed by atoms with Crippen molar-refractivity contribution in [3.05, 3.63) is 31.0 Å². The first-order valence-electron chi connectivity index (χ1n) is 6.19. The van der Waals surface area contributed by atoms with Crippen molar-refractivity contribution in [3.8, 4) is 11.3 Å². The van der Waals surface area contributed by atoms with Crippen molar-refractivity contribution in [2.24, 2.45) is 0 Å². The fraction of sp³-hybridized carbons (Fsp3) is 0.308. The largest absolute Gasteiger partial charge is 0.398 e. The Hall–Kier alpha value is -2.37. The number of rotatable bonds is 5. The molecule has 2 aromatic heterocycles. The summed E-state index contributed by atoms with van der Waals surface area (Å²) in [5, 5.41) is 2.77. The number of amides is 1. The highest BCUT2D eigenvalue weighted by molar-refractivity contribution is 5.76. The monoisotopic (exact) mass is 259 g/mol. The Bertz CT molecular complexity index is 564. The number of aromatic nitrogens is 3.